The van der Waals surface area contributed by atoms with Crippen LogP contribution < -0.4 is 0 Å². The molecule has 0 heterocycles. The van der Waals surface area contributed by atoms with Crippen molar-refractivity contribution in [2.24, 2.45) is 0 Å². The predicted molar refractivity (Wildman–Crippen MR) is 133 cm³/mol. The molecule has 168 valence electrons. The number of hydrogen-bond acceptors (Lipinski definition) is 1. The van der Waals surface area contributed by atoms with E-state index >= 15 is 0 Å². The van der Waals surface area contributed by atoms with Crippen molar-refractivity contribution in [1.29, 1.82) is 0 Å². The summed E-state index contributed by atoms with van der Waals surface area (Å²) in [5.74, 6) is 0.159. The van der Waals surface area contributed by atoms with Crippen LogP contribution >= 0.6 is 0 Å². The fraction of sp³-hybridized carbons (Fsp3) is 0.567. The van der Waals surface area contributed by atoms with E-state index in [1.807, 2.05) is 6.07 Å². The maximum atomic E-state index is 11.5. The van der Waals surface area contributed by atoms with Crippen LogP contribution in [0.5, 0.6) is 0 Å². The quantitative estimate of drug-likeness (QED) is 0.426. The van der Waals surface area contributed by atoms with Crippen LogP contribution in [0.1, 0.15) is 121 Å². The standard InChI is InChI=1S/C16H22O.C14H20/c1-11(17)12-6-7-13-14(10-12)16(4,5)9-8-15(13,2)3;1-13(2)9-10-14(3,4)12-8-6-5-7-11(12)13/h6-7,10H,8-9H2,1-5H3;5-8H,9-10H2,1-4H3. The van der Waals surface area contributed by atoms with Crippen molar-refractivity contribution in [3.05, 3.63) is 70.3 Å². The van der Waals surface area contributed by atoms with Gasteiger partial charge >= 0.3 is 0 Å². The molecule has 2 aromatic rings. The molecule has 0 radical (unpaired) electrons. The highest BCUT2D eigenvalue weighted by Crippen LogP contribution is 2.46. The lowest BCUT2D eigenvalue weighted by atomic mass is 9.63. The van der Waals surface area contributed by atoms with Crippen molar-refractivity contribution in [2.45, 2.75) is 110 Å². The predicted octanol–water partition coefficient (Wildman–Crippen LogP) is 8.27. The molecule has 0 bridgehead atoms. The van der Waals surface area contributed by atoms with Gasteiger partial charge in [0, 0.05) is 5.56 Å². The van der Waals surface area contributed by atoms with E-state index in [9.17, 15) is 4.79 Å². The zero-order valence-corrected chi connectivity index (χ0v) is 21.3. The highest BCUT2D eigenvalue weighted by molar-refractivity contribution is 5.94. The number of hydrogen-bond donors (Lipinski definition) is 0. The maximum absolute atomic E-state index is 11.5. The monoisotopic (exact) mass is 418 g/mol. The Balaban J connectivity index is 0.000000179. The Hall–Kier alpha value is -1.89. The van der Waals surface area contributed by atoms with Crippen molar-refractivity contribution in [3.63, 3.8) is 0 Å². The van der Waals surface area contributed by atoms with Crippen LogP contribution in [0, 0.1) is 0 Å². The van der Waals surface area contributed by atoms with Gasteiger partial charge in [-0.1, -0.05) is 91.8 Å². The molecule has 0 aromatic heterocycles. The van der Waals surface area contributed by atoms with Gasteiger partial charge in [-0.3, -0.25) is 4.79 Å². The molecular weight excluding hydrogens is 376 g/mol. The Labute approximate surface area is 190 Å². The summed E-state index contributed by atoms with van der Waals surface area (Å²) in [6.07, 6.45) is 5.01. The molecule has 2 aliphatic carbocycles. The Bertz CT molecular complexity index is 937. The van der Waals surface area contributed by atoms with E-state index < -0.39 is 0 Å². The average Bonchev–Trinajstić information content (AvgIpc) is 2.70. The van der Waals surface area contributed by atoms with E-state index in [1.54, 1.807) is 18.1 Å². The minimum absolute atomic E-state index is 0.159. The number of ketones is 1. The molecule has 31 heavy (non-hydrogen) atoms. The molecule has 1 nitrogen and oxygen atoms in total. The number of carbonyl (C=O) groups excluding carboxylic acids is 1. The number of Topliss-reactive ketones (excluding diaryl/α,β-unsaturated/α-hetero) is 1. The van der Waals surface area contributed by atoms with Gasteiger partial charge in [0.1, 0.15) is 0 Å². The molecule has 4 rings (SSSR count). The second-order valence-corrected chi connectivity index (χ2v) is 12.4. The van der Waals surface area contributed by atoms with E-state index in [0.717, 1.165) is 5.56 Å². The second kappa shape index (κ2) is 7.91. The molecule has 0 saturated heterocycles. The van der Waals surface area contributed by atoms with Crippen LogP contribution in [-0.2, 0) is 21.7 Å². The maximum Gasteiger partial charge on any atom is 0.159 e. The van der Waals surface area contributed by atoms with Gasteiger partial charge in [-0.15, -0.1) is 0 Å². The molecule has 0 atom stereocenters. The van der Waals surface area contributed by atoms with Gasteiger partial charge in [-0.05, 0) is 82.6 Å². The summed E-state index contributed by atoms with van der Waals surface area (Å²) >= 11 is 0. The van der Waals surface area contributed by atoms with Gasteiger partial charge in [0.05, 0.1) is 0 Å². The molecule has 0 fully saturated rings. The van der Waals surface area contributed by atoms with E-state index in [2.05, 4.69) is 91.8 Å². The topological polar surface area (TPSA) is 17.1 Å². The number of fused-ring (bicyclic) bond motifs is 2. The lowest BCUT2D eigenvalue weighted by Gasteiger charge is -2.42. The molecule has 0 saturated carbocycles. The summed E-state index contributed by atoms with van der Waals surface area (Å²) < 4.78 is 0. The molecular formula is C30H42O. The summed E-state index contributed by atoms with van der Waals surface area (Å²) in [7, 11) is 0. The molecule has 0 N–H and O–H groups in total. The minimum atomic E-state index is 0.159. The first kappa shape index (κ1) is 23.8. The highest BCUT2D eigenvalue weighted by Gasteiger charge is 2.37. The van der Waals surface area contributed by atoms with Crippen LogP contribution in [0.25, 0.3) is 0 Å². The average molecular weight is 419 g/mol. The molecule has 2 aromatic carbocycles. The fourth-order valence-electron chi connectivity index (χ4n) is 5.37. The zero-order valence-electron chi connectivity index (χ0n) is 21.3. The van der Waals surface area contributed by atoms with Crippen molar-refractivity contribution < 1.29 is 4.79 Å². The van der Waals surface area contributed by atoms with E-state index in [-0.39, 0.29) is 16.6 Å². The molecule has 0 aliphatic heterocycles. The summed E-state index contributed by atoms with van der Waals surface area (Å²) in [4.78, 5) is 11.5. The summed E-state index contributed by atoms with van der Waals surface area (Å²) in [5, 5.41) is 0. The summed E-state index contributed by atoms with van der Waals surface area (Å²) in [6.45, 7) is 20.3. The fourth-order valence-corrected chi connectivity index (χ4v) is 5.37. The third kappa shape index (κ3) is 4.66. The van der Waals surface area contributed by atoms with Gasteiger partial charge < -0.3 is 0 Å². The van der Waals surface area contributed by atoms with Gasteiger partial charge in [0.25, 0.3) is 0 Å². The molecule has 0 spiro atoms. The lowest BCUT2D eigenvalue weighted by molar-refractivity contribution is 0.101. The zero-order chi connectivity index (χ0) is 23.2. The minimum Gasteiger partial charge on any atom is -0.295 e. The lowest BCUT2D eigenvalue weighted by Crippen LogP contribution is -2.34. The summed E-state index contributed by atoms with van der Waals surface area (Å²) in [5.41, 5.74) is 7.89. The van der Waals surface area contributed by atoms with Crippen molar-refractivity contribution in [2.75, 3.05) is 0 Å². The van der Waals surface area contributed by atoms with Crippen LogP contribution in [-0.4, -0.2) is 5.78 Å². The van der Waals surface area contributed by atoms with Crippen LogP contribution in [0.15, 0.2) is 42.5 Å². The van der Waals surface area contributed by atoms with E-state index in [4.69, 9.17) is 0 Å². The van der Waals surface area contributed by atoms with Crippen LogP contribution in [0.4, 0.5) is 0 Å². The Morgan fingerprint density at radius 2 is 0.935 bits per heavy atom. The summed E-state index contributed by atoms with van der Waals surface area (Å²) in [6, 6.07) is 15.2. The van der Waals surface area contributed by atoms with Gasteiger partial charge in [-0.2, -0.15) is 0 Å². The largest absolute Gasteiger partial charge is 0.295 e. The Morgan fingerprint density at radius 3 is 1.32 bits per heavy atom. The third-order valence-electron chi connectivity index (χ3n) is 8.02. The smallest absolute Gasteiger partial charge is 0.159 e. The van der Waals surface area contributed by atoms with Gasteiger partial charge in [-0.25, -0.2) is 0 Å². The van der Waals surface area contributed by atoms with E-state index in [1.165, 1.54) is 36.8 Å². The van der Waals surface area contributed by atoms with E-state index in [0.29, 0.717) is 10.8 Å². The first-order valence-electron chi connectivity index (χ1n) is 11.9. The number of rotatable bonds is 1. The van der Waals surface area contributed by atoms with Crippen LogP contribution in [0.3, 0.4) is 0 Å². The van der Waals surface area contributed by atoms with Gasteiger partial charge in [0.2, 0.25) is 0 Å². The van der Waals surface area contributed by atoms with Gasteiger partial charge in [0.15, 0.2) is 5.78 Å². The Kier molecular flexibility index (Phi) is 6.06. The van der Waals surface area contributed by atoms with Crippen molar-refractivity contribution in [3.8, 4) is 0 Å². The SMILES string of the molecule is CC(=O)c1ccc2c(c1)C(C)(C)CCC2(C)C.CC1(C)CCC(C)(C)c2ccccc21. The second-order valence-electron chi connectivity index (χ2n) is 12.4. The third-order valence-corrected chi connectivity index (χ3v) is 8.02. The normalized spacial score (nSPS) is 21.7. The Morgan fingerprint density at radius 1 is 0.581 bits per heavy atom. The van der Waals surface area contributed by atoms with Crippen LogP contribution in [0.2, 0.25) is 0 Å². The molecule has 0 unspecified atom stereocenters. The number of carbonyl (C=O) groups is 1. The van der Waals surface area contributed by atoms with Crippen molar-refractivity contribution >= 4 is 5.78 Å². The molecule has 2 aliphatic rings. The first-order valence-corrected chi connectivity index (χ1v) is 11.9. The number of benzene rings is 2. The first-order chi connectivity index (χ1) is 14.2. The van der Waals surface area contributed by atoms with Crippen molar-refractivity contribution in [1.82, 2.24) is 0 Å². The molecule has 1 heteroatoms. The molecule has 0 amide bonds. The highest BCUT2D eigenvalue weighted by atomic mass is 16.1.